The van der Waals surface area contributed by atoms with E-state index in [2.05, 4.69) is 9.98 Å². The summed E-state index contributed by atoms with van der Waals surface area (Å²) in [7, 11) is 0. The SMILES string of the molecule is NC1=NC(c2ccccc2)(c2cccc(-c3cccnc3)c2)C(=O)N1Cl. The largest absolute Gasteiger partial charge is 0.368 e. The number of carbonyl (C=O) groups is 1. The second-order valence-electron chi connectivity index (χ2n) is 5.95. The van der Waals surface area contributed by atoms with Crippen molar-refractivity contribution >= 4 is 23.6 Å². The third-order valence-corrected chi connectivity index (χ3v) is 4.76. The summed E-state index contributed by atoms with van der Waals surface area (Å²) < 4.78 is 0.879. The molecule has 0 spiro atoms. The van der Waals surface area contributed by atoms with Crippen LogP contribution >= 0.6 is 11.8 Å². The van der Waals surface area contributed by atoms with Crippen LogP contribution in [0.1, 0.15) is 11.1 Å². The molecule has 0 bridgehead atoms. The van der Waals surface area contributed by atoms with Crippen LogP contribution in [0.5, 0.6) is 0 Å². The molecule has 1 atom stereocenters. The Kier molecular flexibility index (Phi) is 3.93. The Morgan fingerprint density at radius 2 is 1.65 bits per heavy atom. The van der Waals surface area contributed by atoms with E-state index in [0.717, 1.165) is 15.5 Å². The van der Waals surface area contributed by atoms with Crippen LogP contribution in [-0.4, -0.2) is 21.3 Å². The number of amides is 1. The van der Waals surface area contributed by atoms with Gasteiger partial charge < -0.3 is 5.73 Å². The third-order valence-electron chi connectivity index (χ3n) is 4.44. The van der Waals surface area contributed by atoms with Crippen LogP contribution in [0.3, 0.4) is 0 Å². The number of carbonyl (C=O) groups excluding carboxylic acids is 1. The van der Waals surface area contributed by atoms with Crippen molar-refractivity contribution in [3.8, 4) is 11.1 Å². The van der Waals surface area contributed by atoms with Crippen LogP contribution in [0.4, 0.5) is 0 Å². The van der Waals surface area contributed by atoms with Gasteiger partial charge in [-0.1, -0.05) is 54.6 Å². The second kappa shape index (κ2) is 6.28. The number of benzene rings is 2. The zero-order valence-corrected chi connectivity index (χ0v) is 14.5. The number of halogens is 1. The number of nitrogens with two attached hydrogens (primary N) is 1. The lowest BCUT2D eigenvalue weighted by atomic mass is 9.82. The number of aromatic nitrogens is 1. The van der Waals surface area contributed by atoms with Crippen LogP contribution in [-0.2, 0) is 10.3 Å². The smallest absolute Gasteiger partial charge is 0.281 e. The van der Waals surface area contributed by atoms with Crippen molar-refractivity contribution in [3.05, 3.63) is 90.3 Å². The summed E-state index contributed by atoms with van der Waals surface area (Å²) in [6, 6.07) is 20.8. The summed E-state index contributed by atoms with van der Waals surface area (Å²) in [6.07, 6.45) is 3.49. The van der Waals surface area contributed by atoms with Crippen molar-refractivity contribution in [2.24, 2.45) is 10.7 Å². The van der Waals surface area contributed by atoms with E-state index < -0.39 is 11.4 Å². The van der Waals surface area contributed by atoms with Gasteiger partial charge in [0.2, 0.25) is 5.96 Å². The molecule has 5 nitrogen and oxygen atoms in total. The molecule has 0 saturated heterocycles. The maximum atomic E-state index is 13.1. The first-order chi connectivity index (χ1) is 12.6. The van der Waals surface area contributed by atoms with E-state index >= 15 is 0 Å². The first kappa shape index (κ1) is 16.3. The molecule has 1 aromatic heterocycles. The maximum Gasteiger partial charge on any atom is 0.281 e. The predicted molar refractivity (Wildman–Crippen MR) is 101 cm³/mol. The van der Waals surface area contributed by atoms with Gasteiger partial charge in [0.25, 0.3) is 5.91 Å². The molecular weight excluding hydrogens is 348 g/mol. The van der Waals surface area contributed by atoms with E-state index in [-0.39, 0.29) is 5.96 Å². The van der Waals surface area contributed by atoms with Crippen molar-refractivity contribution in [1.29, 1.82) is 0 Å². The van der Waals surface area contributed by atoms with Gasteiger partial charge >= 0.3 is 0 Å². The third kappa shape index (κ3) is 2.45. The minimum absolute atomic E-state index is 0.0210. The zero-order valence-electron chi connectivity index (χ0n) is 13.7. The fraction of sp³-hybridized carbons (Fsp3) is 0.0500. The fourth-order valence-corrected chi connectivity index (χ4v) is 3.35. The van der Waals surface area contributed by atoms with Gasteiger partial charge in [-0.3, -0.25) is 9.78 Å². The molecule has 1 amide bonds. The number of aliphatic imine (C=N–C) groups is 1. The van der Waals surface area contributed by atoms with Gasteiger partial charge in [-0.2, -0.15) is 4.42 Å². The second-order valence-corrected chi connectivity index (χ2v) is 6.29. The molecule has 0 saturated carbocycles. The van der Waals surface area contributed by atoms with Crippen molar-refractivity contribution in [2.45, 2.75) is 5.54 Å². The Balaban J connectivity index is 1.94. The van der Waals surface area contributed by atoms with Gasteiger partial charge in [0.05, 0.1) is 0 Å². The van der Waals surface area contributed by atoms with Crippen LogP contribution in [0.25, 0.3) is 11.1 Å². The molecule has 6 heteroatoms. The lowest BCUT2D eigenvalue weighted by molar-refractivity contribution is -0.126. The molecule has 26 heavy (non-hydrogen) atoms. The van der Waals surface area contributed by atoms with E-state index in [9.17, 15) is 4.79 Å². The van der Waals surface area contributed by atoms with E-state index in [4.69, 9.17) is 17.5 Å². The Hall–Kier alpha value is -3.18. The van der Waals surface area contributed by atoms with E-state index in [1.807, 2.05) is 66.7 Å². The molecule has 2 heterocycles. The molecule has 0 aliphatic carbocycles. The molecule has 128 valence electrons. The summed E-state index contributed by atoms with van der Waals surface area (Å²) in [4.78, 5) is 21.7. The lowest BCUT2D eigenvalue weighted by Gasteiger charge is -2.25. The minimum atomic E-state index is -1.30. The highest BCUT2D eigenvalue weighted by Gasteiger charge is 2.50. The standard InChI is InChI=1S/C20H15ClN4O/c21-25-18(26)20(24-19(25)22,16-8-2-1-3-9-16)17-10-4-6-14(12-17)15-7-5-11-23-13-15/h1-13H,(H2,22,24). The van der Waals surface area contributed by atoms with Crippen molar-refractivity contribution in [1.82, 2.24) is 9.40 Å². The molecule has 1 aliphatic heterocycles. The summed E-state index contributed by atoms with van der Waals surface area (Å²) in [5.41, 5.74) is 7.86. The fourth-order valence-electron chi connectivity index (χ4n) is 3.19. The molecule has 4 rings (SSSR count). The summed E-state index contributed by atoms with van der Waals surface area (Å²) >= 11 is 6.07. The Bertz CT molecular complexity index is 991. The number of nitrogens with zero attached hydrogens (tertiary/aromatic N) is 3. The highest BCUT2D eigenvalue weighted by Crippen LogP contribution is 2.41. The van der Waals surface area contributed by atoms with Crippen molar-refractivity contribution in [2.75, 3.05) is 0 Å². The van der Waals surface area contributed by atoms with E-state index in [1.165, 1.54) is 0 Å². The summed E-state index contributed by atoms with van der Waals surface area (Å²) in [6.45, 7) is 0. The average molecular weight is 363 g/mol. The average Bonchev–Trinajstić information content (AvgIpc) is 2.94. The van der Waals surface area contributed by atoms with Gasteiger partial charge in [-0.05, 0) is 34.4 Å². The van der Waals surface area contributed by atoms with E-state index in [0.29, 0.717) is 11.1 Å². The monoisotopic (exact) mass is 362 g/mol. The first-order valence-electron chi connectivity index (χ1n) is 8.05. The minimum Gasteiger partial charge on any atom is -0.368 e. The van der Waals surface area contributed by atoms with Crippen molar-refractivity contribution in [3.63, 3.8) is 0 Å². The zero-order chi connectivity index (χ0) is 18.1. The molecule has 1 aliphatic rings. The Morgan fingerprint density at radius 1 is 0.923 bits per heavy atom. The number of hydrogen-bond acceptors (Lipinski definition) is 4. The van der Waals surface area contributed by atoms with Crippen LogP contribution < -0.4 is 5.73 Å². The predicted octanol–water partition coefficient (Wildman–Crippen LogP) is 3.30. The van der Waals surface area contributed by atoms with Gasteiger partial charge in [0.15, 0.2) is 5.54 Å². The molecule has 0 fully saturated rings. The lowest BCUT2D eigenvalue weighted by Crippen LogP contribution is -2.38. The molecule has 2 aromatic carbocycles. The first-order valence-corrected chi connectivity index (χ1v) is 8.39. The normalized spacial score (nSPS) is 19.5. The van der Waals surface area contributed by atoms with Gasteiger partial charge in [0.1, 0.15) is 0 Å². The molecule has 0 radical (unpaired) electrons. The van der Waals surface area contributed by atoms with Crippen LogP contribution in [0, 0.1) is 0 Å². The molecule has 3 aromatic rings. The van der Waals surface area contributed by atoms with Gasteiger partial charge in [0, 0.05) is 24.2 Å². The quantitative estimate of drug-likeness (QED) is 0.726. The summed E-state index contributed by atoms with van der Waals surface area (Å²) in [5.74, 6) is -0.418. The number of guanidine groups is 1. The molecule has 1 unspecified atom stereocenters. The Labute approximate surface area is 155 Å². The highest BCUT2D eigenvalue weighted by atomic mass is 35.5. The number of hydrogen-bond donors (Lipinski definition) is 1. The highest BCUT2D eigenvalue weighted by molar-refractivity contribution is 6.34. The topological polar surface area (TPSA) is 71.6 Å². The summed E-state index contributed by atoms with van der Waals surface area (Å²) in [5, 5.41) is 0. The van der Waals surface area contributed by atoms with Crippen molar-refractivity contribution < 1.29 is 4.79 Å². The number of pyridine rings is 1. The number of rotatable bonds is 3. The maximum absolute atomic E-state index is 13.1. The molecule has 2 N–H and O–H groups in total. The van der Waals surface area contributed by atoms with Gasteiger partial charge in [-0.15, -0.1) is 0 Å². The van der Waals surface area contributed by atoms with Gasteiger partial charge in [-0.25, -0.2) is 4.99 Å². The van der Waals surface area contributed by atoms with Crippen LogP contribution in [0.15, 0.2) is 84.1 Å². The Morgan fingerprint density at radius 3 is 2.31 bits per heavy atom. The van der Waals surface area contributed by atoms with Crippen LogP contribution in [0.2, 0.25) is 0 Å². The molecular formula is C20H15ClN4O. The van der Waals surface area contributed by atoms with E-state index in [1.54, 1.807) is 12.4 Å².